The van der Waals surface area contributed by atoms with Crippen LogP contribution < -0.4 is 21.7 Å². The van der Waals surface area contributed by atoms with E-state index in [4.69, 9.17) is 11.5 Å². The van der Waals surface area contributed by atoms with Crippen LogP contribution in [0.3, 0.4) is 0 Å². The predicted molar refractivity (Wildman–Crippen MR) is 104 cm³/mol. The van der Waals surface area contributed by atoms with E-state index in [1.54, 1.807) is 15.6 Å². The second-order valence-corrected chi connectivity index (χ2v) is 8.50. The maximum atomic E-state index is 12.0. The summed E-state index contributed by atoms with van der Waals surface area (Å²) in [6, 6.07) is 1.96. The number of aromatic nitrogens is 2. The predicted octanol–water partition coefficient (Wildman–Crippen LogP) is 1.49. The van der Waals surface area contributed by atoms with Crippen molar-refractivity contribution in [3.8, 4) is 0 Å². The summed E-state index contributed by atoms with van der Waals surface area (Å²) in [6.07, 6.45) is 5.62. The molecule has 1 aliphatic carbocycles. The minimum absolute atomic E-state index is 0.0841. The van der Waals surface area contributed by atoms with E-state index in [9.17, 15) is 9.59 Å². The summed E-state index contributed by atoms with van der Waals surface area (Å²) in [5.74, 6) is -0.451. The van der Waals surface area contributed by atoms with Crippen molar-refractivity contribution < 1.29 is 9.59 Å². The van der Waals surface area contributed by atoms with Crippen LogP contribution in [0.5, 0.6) is 0 Å². The fourth-order valence-electron chi connectivity index (χ4n) is 4.07. The van der Waals surface area contributed by atoms with Crippen molar-refractivity contribution >= 4 is 28.7 Å². The Hall–Kier alpha value is -2.61. The van der Waals surface area contributed by atoms with E-state index in [2.05, 4.69) is 31.2 Å². The number of fused-ring (bicyclic) bond motifs is 1. The summed E-state index contributed by atoms with van der Waals surface area (Å²) in [5.41, 5.74) is 14.1. The molecule has 5 N–H and O–H groups in total. The first-order valence-corrected chi connectivity index (χ1v) is 9.29. The minimum atomic E-state index is -0.540. The number of hydrogen-bond donors (Lipinski definition) is 3. The lowest BCUT2D eigenvalue weighted by Crippen LogP contribution is -2.51. The van der Waals surface area contributed by atoms with Crippen LogP contribution in [0, 0.1) is 5.41 Å². The van der Waals surface area contributed by atoms with Gasteiger partial charge < -0.3 is 21.7 Å². The highest BCUT2D eigenvalue weighted by Crippen LogP contribution is 2.46. The maximum absolute atomic E-state index is 12.0. The summed E-state index contributed by atoms with van der Waals surface area (Å²) >= 11 is 0. The molecule has 0 spiro atoms. The molecule has 2 amide bonds. The maximum Gasteiger partial charge on any atom is 0.252 e. The SMILES string of the molecule is CC1(N)CCC(Nc2c(C(N)=O)cnn3cc(N4CCC4=O)cc23)C1(C)C. The smallest absolute Gasteiger partial charge is 0.252 e. The number of primary amides is 1. The fraction of sp³-hybridized carbons (Fsp3) is 0.526. The molecule has 1 aliphatic heterocycles. The highest BCUT2D eigenvalue weighted by Gasteiger charge is 2.49. The number of anilines is 2. The van der Waals surface area contributed by atoms with Gasteiger partial charge in [-0.1, -0.05) is 13.8 Å². The van der Waals surface area contributed by atoms with Crippen molar-refractivity contribution in [3.05, 3.63) is 24.0 Å². The van der Waals surface area contributed by atoms with E-state index in [0.717, 1.165) is 24.0 Å². The molecule has 2 aromatic rings. The molecule has 27 heavy (non-hydrogen) atoms. The van der Waals surface area contributed by atoms with E-state index in [-0.39, 0.29) is 22.9 Å². The van der Waals surface area contributed by atoms with E-state index < -0.39 is 5.91 Å². The van der Waals surface area contributed by atoms with Gasteiger partial charge in [-0.25, -0.2) is 4.52 Å². The molecule has 2 atom stereocenters. The van der Waals surface area contributed by atoms with Gasteiger partial charge in [-0.3, -0.25) is 9.59 Å². The summed E-state index contributed by atoms with van der Waals surface area (Å²) in [5, 5.41) is 7.84. The fourth-order valence-corrected chi connectivity index (χ4v) is 4.07. The molecule has 0 bridgehead atoms. The van der Waals surface area contributed by atoms with Gasteiger partial charge >= 0.3 is 0 Å². The quantitative estimate of drug-likeness (QED) is 0.705. The third kappa shape index (κ3) is 2.58. The van der Waals surface area contributed by atoms with Crippen LogP contribution in [0.1, 0.15) is 50.4 Å². The van der Waals surface area contributed by atoms with Crippen molar-refractivity contribution in [2.24, 2.45) is 16.9 Å². The zero-order valence-electron chi connectivity index (χ0n) is 16.0. The zero-order valence-corrected chi connectivity index (χ0v) is 16.0. The number of β-lactam (4-membered cyclic amide) rings is 1. The summed E-state index contributed by atoms with van der Waals surface area (Å²) < 4.78 is 1.68. The second kappa shape index (κ2) is 5.69. The Morgan fingerprint density at radius 1 is 1.37 bits per heavy atom. The van der Waals surface area contributed by atoms with Crippen molar-refractivity contribution in [2.75, 3.05) is 16.8 Å². The van der Waals surface area contributed by atoms with Crippen molar-refractivity contribution in [3.63, 3.8) is 0 Å². The number of amides is 2. The molecule has 2 unspecified atom stereocenters. The van der Waals surface area contributed by atoms with Gasteiger partial charge in [0.25, 0.3) is 5.91 Å². The Bertz CT molecular complexity index is 945. The topological polar surface area (TPSA) is 119 Å². The summed E-state index contributed by atoms with van der Waals surface area (Å²) in [7, 11) is 0. The molecule has 8 nitrogen and oxygen atoms in total. The minimum Gasteiger partial charge on any atom is -0.379 e. The van der Waals surface area contributed by atoms with Crippen molar-refractivity contribution in [1.82, 2.24) is 9.61 Å². The molecule has 144 valence electrons. The van der Waals surface area contributed by atoms with E-state index in [0.29, 0.717) is 24.2 Å². The average Bonchev–Trinajstić information content (AvgIpc) is 3.07. The first-order valence-electron chi connectivity index (χ1n) is 9.29. The molecular formula is C19H26N6O2. The largest absolute Gasteiger partial charge is 0.379 e. The van der Waals surface area contributed by atoms with Crippen LogP contribution in [0.2, 0.25) is 0 Å². The van der Waals surface area contributed by atoms with E-state index in [1.165, 1.54) is 6.20 Å². The molecule has 3 heterocycles. The van der Waals surface area contributed by atoms with Crippen LogP contribution in [0.4, 0.5) is 11.4 Å². The molecule has 0 aromatic carbocycles. The first kappa shape index (κ1) is 17.8. The number of rotatable bonds is 4. The number of nitrogens with two attached hydrogens (primary N) is 2. The van der Waals surface area contributed by atoms with Crippen LogP contribution in [-0.2, 0) is 4.79 Å². The Labute approximate surface area is 157 Å². The Morgan fingerprint density at radius 2 is 2.11 bits per heavy atom. The number of carbonyl (C=O) groups excluding carboxylic acids is 2. The van der Waals surface area contributed by atoms with Crippen molar-refractivity contribution in [2.45, 2.75) is 51.6 Å². The molecular weight excluding hydrogens is 344 g/mol. The van der Waals surface area contributed by atoms with Crippen LogP contribution in [0.15, 0.2) is 18.5 Å². The van der Waals surface area contributed by atoms with Gasteiger partial charge in [0.1, 0.15) is 0 Å². The van der Waals surface area contributed by atoms with Gasteiger partial charge in [-0.15, -0.1) is 0 Å². The molecule has 1 saturated carbocycles. The second-order valence-electron chi connectivity index (χ2n) is 8.50. The van der Waals surface area contributed by atoms with E-state index in [1.807, 2.05) is 6.07 Å². The third-order valence-corrected chi connectivity index (χ3v) is 6.66. The highest BCUT2D eigenvalue weighted by atomic mass is 16.2. The lowest BCUT2D eigenvalue weighted by Gasteiger charge is -2.39. The first-order chi connectivity index (χ1) is 12.6. The molecule has 2 fully saturated rings. The summed E-state index contributed by atoms with van der Waals surface area (Å²) in [4.78, 5) is 25.5. The van der Waals surface area contributed by atoms with Gasteiger partial charge in [-0.05, 0) is 25.8 Å². The summed E-state index contributed by atoms with van der Waals surface area (Å²) in [6.45, 7) is 7.05. The molecule has 8 heteroatoms. The van der Waals surface area contributed by atoms with Gasteiger partial charge in [-0.2, -0.15) is 5.10 Å². The number of carbonyl (C=O) groups is 2. The van der Waals surface area contributed by atoms with Gasteiger partial charge in [0.2, 0.25) is 5.91 Å². The molecule has 2 aliphatic rings. The van der Waals surface area contributed by atoms with Crippen LogP contribution in [0.25, 0.3) is 5.52 Å². The number of nitrogens with one attached hydrogen (secondary N) is 1. The Kier molecular flexibility index (Phi) is 3.75. The monoisotopic (exact) mass is 370 g/mol. The normalized spacial score (nSPS) is 27.0. The average molecular weight is 370 g/mol. The molecule has 4 rings (SSSR count). The Balaban J connectivity index is 1.79. The molecule has 2 aromatic heterocycles. The van der Waals surface area contributed by atoms with Crippen LogP contribution >= 0.6 is 0 Å². The lowest BCUT2D eigenvalue weighted by atomic mass is 9.75. The Morgan fingerprint density at radius 3 is 2.63 bits per heavy atom. The highest BCUT2D eigenvalue weighted by molar-refractivity contribution is 6.04. The molecule has 0 radical (unpaired) electrons. The number of hydrogen-bond acceptors (Lipinski definition) is 5. The van der Waals surface area contributed by atoms with Gasteiger partial charge in [0.05, 0.1) is 34.8 Å². The number of nitrogens with zero attached hydrogens (tertiary/aromatic N) is 3. The van der Waals surface area contributed by atoms with E-state index >= 15 is 0 Å². The van der Waals surface area contributed by atoms with Crippen molar-refractivity contribution in [1.29, 1.82) is 0 Å². The van der Waals surface area contributed by atoms with Gasteiger partial charge in [0.15, 0.2) is 0 Å². The molecule has 1 saturated heterocycles. The third-order valence-electron chi connectivity index (χ3n) is 6.66. The van der Waals surface area contributed by atoms with Crippen LogP contribution in [-0.4, -0.2) is 39.6 Å². The van der Waals surface area contributed by atoms with Gasteiger partial charge in [0, 0.05) is 30.0 Å². The lowest BCUT2D eigenvalue weighted by molar-refractivity contribution is -0.122. The standard InChI is InChI=1S/C19H26N6O2/c1-18(2)14(4-6-19(18,3)21)23-16-12(17(20)27)9-22-25-10-11(8-13(16)25)24-7-5-15(24)26/h8-10,14,23H,4-7,21H2,1-3H3,(H2,20,27). The zero-order chi connectivity index (χ0) is 19.6.